The molecular formula is C14H10BrN3O. The van der Waals surface area contributed by atoms with Crippen LogP contribution in [0.5, 0.6) is 0 Å². The Kier molecular flexibility index (Phi) is 3.05. The van der Waals surface area contributed by atoms with Crippen LogP contribution in [-0.4, -0.2) is 10.1 Å². The summed E-state index contributed by atoms with van der Waals surface area (Å²) >= 11 is 3.35. The van der Waals surface area contributed by atoms with Crippen molar-refractivity contribution in [1.29, 1.82) is 0 Å². The highest BCUT2D eigenvalue weighted by molar-refractivity contribution is 9.10. The normalized spacial score (nSPS) is 10.6. The first kappa shape index (κ1) is 11.9. The Morgan fingerprint density at radius 1 is 1.00 bits per heavy atom. The minimum atomic E-state index is 0.457. The molecule has 0 aliphatic carbocycles. The predicted octanol–water partition coefficient (Wildman–Crippen LogP) is 3.75. The van der Waals surface area contributed by atoms with E-state index in [1.165, 1.54) is 0 Å². The molecule has 0 fully saturated rings. The monoisotopic (exact) mass is 315 g/mol. The van der Waals surface area contributed by atoms with Crippen LogP contribution in [-0.2, 0) is 0 Å². The van der Waals surface area contributed by atoms with Crippen molar-refractivity contribution in [2.75, 3.05) is 5.73 Å². The Morgan fingerprint density at radius 2 is 1.79 bits per heavy atom. The van der Waals surface area contributed by atoms with E-state index < -0.39 is 0 Å². The summed E-state index contributed by atoms with van der Waals surface area (Å²) in [6.45, 7) is 0. The van der Waals surface area contributed by atoms with Crippen LogP contribution in [0.2, 0.25) is 0 Å². The lowest BCUT2D eigenvalue weighted by atomic mass is 10.2. The van der Waals surface area contributed by atoms with E-state index >= 15 is 0 Å². The Labute approximate surface area is 118 Å². The number of rotatable bonds is 2. The zero-order valence-electron chi connectivity index (χ0n) is 9.88. The average molecular weight is 316 g/mol. The van der Waals surface area contributed by atoms with Crippen LogP contribution >= 0.6 is 15.9 Å². The van der Waals surface area contributed by atoms with Crippen molar-refractivity contribution in [2.45, 2.75) is 0 Å². The molecule has 0 bridgehead atoms. The number of benzene rings is 2. The first-order valence-corrected chi connectivity index (χ1v) is 6.48. The van der Waals surface area contributed by atoms with E-state index in [4.69, 9.17) is 10.3 Å². The molecule has 0 radical (unpaired) electrons. The second kappa shape index (κ2) is 4.85. The fourth-order valence-corrected chi connectivity index (χ4v) is 1.97. The molecule has 0 aliphatic rings. The maximum atomic E-state index is 5.84. The van der Waals surface area contributed by atoms with Crippen LogP contribution in [0.4, 0.5) is 5.69 Å². The summed E-state index contributed by atoms with van der Waals surface area (Å²) in [6.07, 6.45) is 0. The maximum Gasteiger partial charge on any atom is 0.258 e. The standard InChI is InChI=1S/C14H10BrN3O/c15-11-7-6-10(8-12(11)16)14-17-13(18-19-14)9-4-2-1-3-5-9/h1-8H,16H2. The average Bonchev–Trinajstić information content (AvgIpc) is 2.93. The predicted molar refractivity (Wildman–Crippen MR) is 77.3 cm³/mol. The molecular weight excluding hydrogens is 306 g/mol. The molecule has 2 N–H and O–H groups in total. The van der Waals surface area contributed by atoms with Crippen LogP contribution in [0.3, 0.4) is 0 Å². The van der Waals surface area contributed by atoms with Gasteiger partial charge in [-0.15, -0.1) is 0 Å². The summed E-state index contributed by atoms with van der Waals surface area (Å²) in [5, 5.41) is 3.98. The molecule has 0 unspecified atom stereocenters. The lowest BCUT2D eigenvalue weighted by Crippen LogP contribution is -1.87. The number of nitrogens with two attached hydrogens (primary N) is 1. The minimum Gasteiger partial charge on any atom is -0.398 e. The number of hydrogen-bond donors (Lipinski definition) is 1. The largest absolute Gasteiger partial charge is 0.398 e. The molecule has 1 heterocycles. The molecule has 3 aromatic rings. The second-order valence-corrected chi connectivity index (χ2v) is 4.88. The molecule has 94 valence electrons. The maximum absolute atomic E-state index is 5.84. The Balaban J connectivity index is 1.99. The highest BCUT2D eigenvalue weighted by Crippen LogP contribution is 2.27. The zero-order valence-corrected chi connectivity index (χ0v) is 11.5. The third kappa shape index (κ3) is 2.37. The number of nitrogens with zero attached hydrogens (tertiary/aromatic N) is 2. The van der Waals surface area contributed by atoms with Gasteiger partial charge in [-0.1, -0.05) is 35.5 Å². The molecule has 4 nitrogen and oxygen atoms in total. The quantitative estimate of drug-likeness (QED) is 0.731. The SMILES string of the molecule is Nc1cc(-c2nc(-c3ccccc3)no2)ccc1Br. The van der Waals surface area contributed by atoms with Gasteiger partial charge in [0.15, 0.2) is 0 Å². The summed E-state index contributed by atoms with van der Waals surface area (Å²) in [6, 6.07) is 15.2. The van der Waals surface area contributed by atoms with Crippen molar-refractivity contribution >= 4 is 21.6 Å². The third-order valence-corrected chi connectivity index (χ3v) is 3.42. The molecule has 3 rings (SSSR count). The topological polar surface area (TPSA) is 64.9 Å². The lowest BCUT2D eigenvalue weighted by Gasteiger charge is -1.99. The van der Waals surface area contributed by atoms with E-state index in [9.17, 15) is 0 Å². The molecule has 5 heteroatoms. The van der Waals surface area contributed by atoms with Crippen molar-refractivity contribution in [3.63, 3.8) is 0 Å². The van der Waals surface area contributed by atoms with E-state index in [1.807, 2.05) is 42.5 Å². The van der Waals surface area contributed by atoms with Gasteiger partial charge < -0.3 is 10.3 Å². The first-order chi connectivity index (χ1) is 9.24. The van der Waals surface area contributed by atoms with Gasteiger partial charge in [-0.3, -0.25) is 0 Å². The number of anilines is 1. The van der Waals surface area contributed by atoms with Gasteiger partial charge in [0, 0.05) is 21.3 Å². The summed E-state index contributed by atoms with van der Waals surface area (Å²) in [5.41, 5.74) is 8.20. The molecule has 0 spiro atoms. The zero-order chi connectivity index (χ0) is 13.2. The van der Waals surface area contributed by atoms with E-state index in [0.717, 1.165) is 15.6 Å². The third-order valence-electron chi connectivity index (χ3n) is 2.70. The molecule has 0 saturated heterocycles. The van der Waals surface area contributed by atoms with E-state index in [1.54, 1.807) is 6.07 Å². The van der Waals surface area contributed by atoms with Crippen molar-refractivity contribution in [3.05, 3.63) is 53.0 Å². The van der Waals surface area contributed by atoms with E-state index in [-0.39, 0.29) is 0 Å². The highest BCUT2D eigenvalue weighted by atomic mass is 79.9. The first-order valence-electron chi connectivity index (χ1n) is 5.68. The van der Waals surface area contributed by atoms with Gasteiger partial charge in [0.25, 0.3) is 5.89 Å². The van der Waals surface area contributed by atoms with Crippen LogP contribution < -0.4 is 5.73 Å². The van der Waals surface area contributed by atoms with Gasteiger partial charge in [0.1, 0.15) is 0 Å². The molecule has 19 heavy (non-hydrogen) atoms. The smallest absolute Gasteiger partial charge is 0.258 e. The Morgan fingerprint density at radius 3 is 2.53 bits per heavy atom. The molecule has 0 amide bonds. The lowest BCUT2D eigenvalue weighted by molar-refractivity contribution is 0.432. The molecule has 1 aromatic heterocycles. The van der Waals surface area contributed by atoms with Crippen molar-refractivity contribution in [2.24, 2.45) is 0 Å². The number of aromatic nitrogens is 2. The van der Waals surface area contributed by atoms with Crippen LogP contribution in [0.15, 0.2) is 57.5 Å². The van der Waals surface area contributed by atoms with E-state index in [0.29, 0.717) is 17.4 Å². The number of hydrogen-bond acceptors (Lipinski definition) is 4. The van der Waals surface area contributed by atoms with Gasteiger partial charge in [0.05, 0.1) is 0 Å². The minimum absolute atomic E-state index is 0.457. The van der Waals surface area contributed by atoms with Crippen LogP contribution in [0.1, 0.15) is 0 Å². The highest BCUT2D eigenvalue weighted by Gasteiger charge is 2.11. The summed E-state index contributed by atoms with van der Waals surface area (Å²) in [5.74, 6) is 1.02. The number of halogens is 1. The fraction of sp³-hybridized carbons (Fsp3) is 0. The van der Waals surface area contributed by atoms with Gasteiger partial charge in [-0.05, 0) is 34.1 Å². The van der Waals surface area contributed by atoms with Crippen molar-refractivity contribution < 1.29 is 4.52 Å². The summed E-state index contributed by atoms with van der Waals surface area (Å²) in [4.78, 5) is 4.37. The van der Waals surface area contributed by atoms with E-state index in [2.05, 4.69) is 26.1 Å². The fourth-order valence-electron chi connectivity index (χ4n) is 1.72. The Hall–Kier alpha value is -2.14. The number of nitrogen functional groups attached to an aromatic ring is 1. The second-order valence-electron chi connectivity index (χ2n) is 4.03. The van der Waals surface area contributed by atoms with Crippen LogP contribution in [0, 0.1) is 0 Å². The van der Waals surface area contributed by atoms with Crippen LogP contribution in [0.25, 0.3) is 22.8 Å². The Bertz CT molecular complexity index is 710. The van der Waals surface area contributed by atoms with Gasteiger partial charge in [0.2, 0.25) is 5.82 Å². The molecule has 2 aromatic carbocycles. The summed E-state index contributed by atoms with van der Waals surface area (Å²) in [7, 11) is 0. The summed E-state index contributed by atoms with van der Waals surface area (Å²) < 4.78 is 6.11. The van der Waals surface area contributed by atoms with Gasteiger partial charge >= 0.3 is 0 Å². The van der Waals surface area contributed by atoms with Gasteiger partial charge in [-0.25, -0.2) is 0 Å². The van der Waals surface area contributed by atoms with Crippen molar-refractivity contribution in [1.82, 2.24) is 10.1 Å². The molecule has 0 saturated carbocycles. The molecule has 0 aliphatic heterocycles. The molecule has 0 atom stereocenters. The van der Waals surface area contributed by atoms with Gasteiger partial charge in [-0.2, -0.15) is 4.98 Å². The van der Waals surface area contributed by atoms with Crippen molar-refractivity contribution in [3.8, 4) is 22.8 Å².